The summed E-state index contributed by atoms with van der Waals surface area (Å²) >= 11 is 0. The largest absolute Gasteiger partial charge is 0.462 e. The number of carbonyl (C=O) groups is 1. The van der Waals surface area contributed by atoms with Gasteiger partial charge in [-0.2, -0.15) is 0 Å². The summed E-state index contributed by atoms with van der Waals surface area (Å²) in [5.41, 5.74) is 0.188. The van der Waals surface area contributed by atoms with Crippen LogP contribution in [0.15, 0.2) is 11.6 Å². The fourth-order valence-electron chi connectivity index (χ4n) is 11.1. The summed E-state index contributed by atoms with van der Waals surface area (Å²) in [4.78, 5) is 11.9. The molecule has 234 valence electrons. The number of allylic oxidation sites excluding steroid dienone is 1. The Morgan fingerprint density at radius 3 is 2.37 bits per heavy atom. The molecule has 1 aliphatic heterocycles. The Labute approximate surface area is 247 Å². The van der Waals surface area contributed by atoms with Crippen LogP contribution in [-0.2, 0) is 23.7 Å². The minimum Gasteiger partial charge on any atom is -0.462 e. The first-order valence-corrected chi connectivity index (χ1v) is 16.0. The minimum atomic E-state index is -0.757. The number of rotatable bonds is 6. The van der Waals surface area contributed by atoms with Gasteiger partial charge in [-0.15, -0.1) is 0 Å². The highest BCUT2D eigenvalue weighted by Crippen LogP contribution is 2.73. The fraction of sp³-hybridized carbons (Fsp3) is 0.912. The van der Waals surface area contributed by atoms with Crippen LogP contribution in [0.5, 0.6) is 0 Å². The van der Waals surface area contributed by atoms with Gasteiger partial charge in [0.1, 0.15) is 12.2 Å². The van der Waals surface area contributed by atoms with Crippen LogP contribution >= 0.6 is 0 Å². The molecule has 5 aliphatic rings. The molecule has 0 amide bonds. The molecule has 0 aromatic rings. The highest BCUT2D eigenvalue weighted by atomic mass is 16.7. The zero-order valence-electron chi connectivity index (χ0n) is 27.2. The molecule has 1 saturated heterocycles. The third-order valence-corrected chi connectivity index (χ3v) is 13.5. The van der Waals surface area contributed by atoms with Gasteiger partial charge in [-0.1, -0.05) is 46.3 Å². The normalized spacial score (nSPS) is 48.0. The monoisotopic (exact) mass is 576 g/mol. The van der Waals surface area contributed by atoms with Crippen molar-refractivity contribution in [3.63, 3.8) is 0 Å². The molecule has 7 nitrogen and oxygen atoms in total. The molecule has 0 spiro atoms. The molecule has 0 aromatic carbocycles. The number of ether oxygens (including phenoxy) is 4. The van der Waals surface area contributed by atoms with Gasteiger partial charge in [-0.3, -0.25) is 4.79 Å². The number of esters is 1. The van der Waals surface area contributed by atoms with Gasteiger partial charge in [0.15, 0.2) is 6.29 Å². The van der Waals surface area contributed by atoms with Crippen molar-refractivity contribution in [1.29, 1.82) is 0 Å². The summed E-state index contributed by atoms with van der Waals surface area (Å²) in [6, 6.07) is 0. The van der Waals surface area contributed by atoms with Gasteiger partial charge >= 0.3 is 5.97 Å². The number of hydrogen-bond acceptors (Lipinski definition) is 7. The van der Waals surface area contributed by atoms with Crippen LogP contribution < -0.4 is 0 Å². The molecule has 12 unspecified atom stereocenters. The first kappa shape index (κ1) is 31.4. The zero-order chi connectivity index (χ0) is 30.3. The van der Waals surface area contributed by atoms with Crippen molar-refractivity contribution in [2.24, 2.45) is 45.3 Å². The number of fused-ring (bicyclic) bond motifs is 5. The molecular formula is C34H56O7. The predicted octanol–water partition coefficient (Wildman–Crippen LogP) is 5.66. The standard InChI is InChI=1S/C34H56O7/c1-19(35)40-27-14-16-33(7)24-13-15-32(6)21(20-17-22(41-29(20)38-9)28(37)31(4,5)39-10)11-12-23(32)34(24,8)26(36)18-25(33)30(27,2)3/h12,20-22,24-29,36-37H,11,13-18H2,1-10H3. The number of aliphatic hydroxyl groups excluding tert-OH is 2. The van der Waals surface area contributed by atoms with E-state index in [0.717, 1.165) is 44.9 Å². The van der Waals surface area contributed by atoms with E-state index < -0.39 is 17.8 Å². The summed E-state index contributed by atoms with van der Waals surface area (Å²) in [5, 5.41) is 23.3. The Bertz CT molecular complexity index is 1050. The van der Waals surface area contributed by atoms with Crippen LogP contribution in [0.2, 0.25) is 0 Å². The Kier molecular flexibility index (Phi) is 7.89. The zero-order valence-corrected chi connectivity index (χ0v) is 27.2. The molecule has 0 aromatic heterocycles. The second-order valence-electron chi connectivity index (χ2n) is 16.0. The van der Waals surface area contributed by atoms with Crippen LogP contribution in [-0.4, -0.2) is 66.7 Å². The maximum absolute atomic E-state index is 12.1. The van der Waals surface area contributed by atoms with Crippen molar-refractivity contribution in [2.75, 3.05) is 14.2 Å². The van der Waals surface area contributed by atoms with Crippen molar-refractivity contribution in [3.8, 4) is 0 Å². The molecule has 0 radical (unpaired) electrons. The quantitative estimate of drug-likeness (QED) is 0.311. The summed E-state index contributed by atoms with van der Waals surface area (Å²) in [6.07, 6.45) is 6.79. The predicted molar refractivity (Wildman–Crippen MR) is 157 cm³/mol. The molecule has 4 fully saturated rings. The highest BCUT2D eigenvalue weighted by Gasteiger charge is 2.69. The van der Waals surface area contributed by atoms with E-state index in [1.165, 1.54) is 12.5 Å². The number of hydrogen-bond donors (Lipinski definition) is 2. The van der Waals surface area contributed by atoms with Gasteiger partial charge in [0.25, 0.3) is 0 Å². The topological polar surface area (TPSA) is 94.5 Å². The Hall–Kier alpha value is -0.990. The lowest BCUT2D eigenvalue weighted by atomic mass is 9.37. The molecule has 12 atom stereocenters. The summed E-state index contributed by atoms with van der Waals surface area (Å²) in [7, 11) is 3.33. The maximum Gasteiger partial charge on any atom is 0.302 e. The fourth-order valence-corrected chi connectivity index (χ4v) is 11.1. The number of carbonyl (C=O) groups excluding carboxylic acids is 1. The molecule has 1 heterocycles. The van der Waals surface area contributed by atoms with E-state index in [4.69, 9.17) is 18.9 Å². The Morgan fingerprint density at radius 2 is 1.76 bits per heavy atom. The van der Waals surface area contributed by atoms with Crippen molar-refractivity contribution >= 4 is 5.97 Å². The summed E-state index contributed by atoms with van der Waals surface area (Å²) in [6.45, 7) is 17.0. The van der Waals surface area contributed by atoms with Crippen molar-refractivity contribution < 1.29 is 34.0 Å². The SMILES string of the molecule is COC1OC(C(O)C(C)(C)OC)CC1C1CC=C2C1(C)CCC1C3(C)CCC(OC(C)=O)C(C)(C)C3CC(O)C21C. The number of methoxy groups -OCH3 is 2. The van der Waals surface area contributed by atoms with E-state index in [9.17, 15) is 15.0 Å². The van der Waals surface area contributed by atoms with E-state index >= 15 is 0 Å². The minimum absolute atomic E-state index is 0.0564. The van der Waals surface area contributed by atoms with E-state index in [-0.39, 0.29) is 58.0 Å². The number of aliphatic hydroxyl groups is 2. The lowest BCUT2D eigenvalue weighted by molar-refractivity contribution is -0.221. The molecular weight excluding hydrogens is 520 g/mol. The van der Waals surface area contributed by atoms with Gasteiger partial charge in [-0.25, -0.2) is 0 Å². The Balaban J connectivity index is 1.43. The maximum atomic E-state index is 12.1. The molecule has 2 N–H and O–H groups in total. The van der Waals surface area contributed by atoms with Crippen molar-refractivity contribution in [3.05, 3.63) is 11.6 Å². The molecule has 5 rings (SSSR count). The van der Waals surface area contributed by atoms with E-state index in [1.807, 2.05) is 13.8 Å². The average molecular weight is 577 g/mol. The van der Waals surface area contributed by atoms with Gasteiger partial charge in [0, 0.05) is 37.9 Å². The highest BCUT2D eigenvalue weighted by molar-refractivity contribution is 5.66. The van der Waals surface area contributed by atoms with Crippen LogP contribution in [0.25, 0.3) is 0 Å². The molecule has 7 heteroatoms. The third kappa shape index (κ3) is 4.50. The van der Waals surface area contributed by atoms with Gasteiger partial charge < -0.3 is 29.2 Å². The van der Waals surface area contributed by atoms with Crippen LogP contribution in [0.3, 0.4) is 0 Å². The second-order valence-corrected chi connectivity index (χ2v) is 16.0. The summed E-state index contributed by atoms with van der Waals surface area (Å²) in [5.74, 6) is 0.880. The van der Waals surface area contributed by atoms with Gasteiger partial charge in [0.05, 0.1) is 17.8 Å². The molecule has 4 aliphatic carbocycles. The summed E-state index contributed by atoms with van der Waals surface area (Å²) < 4.78 is 23.7. The van der Waals surface area contributed by atoms with E-state index in [0.29, 0.717) is 11.8 Å². The molecule has 0 bridgehead atoms. The van der Waals surface area contributed by atoms with E-state index in [2.05, 4.69) is 40.7 Å². The molecule has 41 heavy (non-hydrogen) atoms. The lowest BCUT2D eigenvalue weighted by Gasteiger charge is -2.68. The van der Waals surface area contributed by atoms with Crippen molar-refractivity contribution in [2.45, 2.75) is 137 Å². The lowest BCUT2D eigenvalue weighted by Crippen LogP contribution is -2.65. The molecule has 3 saturated carbocycles. The van der Waals surface area contributed by atoms with Crippen LogP contribution in [0.1, 0.15) is 100 Å². The Morgan fingerprint density at radius 1 is 1.07 bits per heavy atom. The van der Waals surface area contributed by atoms with Crippen LogP contribution in [0.4, 0.5) is 0 Å². The smallest absolute Gasteiger partial charge is 0.302 e. The van der Waals surface area contributed by atoms with Gasteiger partial charge in [-0.05, 0) is 87.4 Å². The van der Waals surface area contributed by atoms with Crippen LogP contribution in [0, 0.1) is 45.3 Å². The van der Waals surface area contributed by atoms with Gasteiger partial charge in [0.2, 0.25) is 0 Å². The van der Waals surface area contributed by atoms with E-state index in [1.54, 1.807) is 14.2 Å². The second kappa shape index (κ2) is 10.3. The first-order valence-electron chi connectivity index (χ1n) is 16.0. The van der Waals surface area contributed by atoms with Crippen molar-refractivity contribution in [1.82, 2.24) is 0 Å². The average Bonchev–Trinajstić information content (AvgIpc) is 3.48. The third-order valence-electron chi connectivity index (χ3n) is 13.5. The first-order chi connectivity index (χ1) is 19.0.